The van der Waals surface area contributed by atoms with E-state index >= 15 is 0 Å². The van der Waals surface area contributed by atoms with Crippen LogP contribution in [0.1, 0.15) is 8.35 Å². The Morgan fingerprint density at radius 3 is 1.88 bits per heavy atom. The fourth-order valence-electron chi connectivity index (χ4n) is 0.229. The van der Waals surface area contributed by atoms with Gasteiger partial charge in [-0.1, -0.05) is 0 Å². The number of nitrogens with zero attached hydrogens (tertiary/aromatic N) is 4. The standard InChI is InChI=1S/C2H4N4S.Na.H/c1-2(7)3-5-6-4-2;;/h7H,1H3;;/q;+1;-1. The maximum Gasteiger partial charge on any atom is 1.00 e. The van der Waals surface area contributed by atoms with Gasteiger partial charge in [0.2, 0.25) is 4.99 Å². The maximum absolute atomic E-state index is 3.93. The number of thiol groups is 1. The summed E-state index contributed by atoms with van der Waals surface area (Å²) in [6.45, 7) is 1.70. The first-order chi connectivity index (χ1) is 3.21. The van der Waals surface area contributed by atoms with Crippen LogP contribution in [-0.4, -0.2) is 4.99 Å². The minimum atomic E-state index is -0.694. The third kappa shape index (κ3) is 2.21. The van der Waals surface area contributed by atoms with E-state index in [1.807, 2.05) is 0 Å². The van der Waals surface area contributed by atoms with Gasteiger partial charge in [0.25, 0.3) is 0 Å². The molecule has 1 aliphatic rings. The maximum atomic E-state index is 3.93. The van der Waals surface area contributed by atoms with E-state index < -0.39 is 4.99 Å². The van der Waals surface area contributed by atoms with Crippen molar-refractivity contribution in [2.75, 3.05) is 0 Å². The molecule has 0 N–H and O–H groups in total. The zero-order chi connectivity index (χ0) is 5.33. The molecular weight excluding hydrogens is 135 g/mol. The molecule has 0 saturated carbocycles. The summed E-state index contributed by atoms with van der Waals surface area (Å²) in [5.74, 6) is 0. The van der Waals surface area contributed by atoms with Crippen LogP contribution < -0.4 is 29.6 Å². The van der Waals surface area contributed by atoms with Crippen molar-refractivity contribution in [2.24, 2.45) is 20.7 Å². The Morgan fingerprint density at radius 1 is 1.38 bits per heavy atom. The summed E-state index contributed by atoms with van der Waals surface area (Å²) in [4.78, 5) is -0.694. The molecule has 0 aliphatic carbocycles. The van der Waals surface area contributed by atoms with Gasteiger partial charge in [0.05, 0.1) is 0 Å². The van der Waals surface area contributed by atoms with Crippen molar-refractivity contribution in [1.82, 2.24) is 0 Å². The van der Waals surface area contributed by atoms with E-state index in [1.165, 1.54) is 0 Å². The van der Waals surface area contributed by atoms with Crippen molar-refractivity contribution in [2.45, 2.75) is 11.9 Å². The Morgan fingerprint density at radius 2 is 1.75 bits per heavy atom. The summed E-state index contributed by atoms with van der Waals surface area (Å²) in [7, 11) is 0. The summed E-state index contributed by atoms with van der Waals surface area (Å²) < 4.78 is 0. The summed E-state index contributed by atoms with van der Waals surface area (Å²) >= 11 is 3.93. The zero-order valence-electron chi connectivity index (χ0n) is 5.74. The first-order valence-electron chi connectivity index (χ1n) is 1.77. The van der Waals surface area contributed by atoms with E-state index in [1.54, 1.807) is 6.92 Å². The molecule has 0 saturated heterocycles. The summed E-state index contributed by atoms with van der Waals surface area (Å²) in [6.07, 6.45) is 0. The topological polar surface area (TPSA) is 49.4 Å². The van der Waals surface area contributed by atoms with E-state index in [0.717, 1.165) is 0 Å². The molecule has 0 unspecified atom stereocenters. The minimum Gasteiger partial charge on any atom is -1.00 e. The van der Waals surface area contributed by atoms with Gasteiger partial charge >= 0.3 is 29.6 Å². The zero-order valence-corrected chi connectivity index (χ0v) is 7.63. The second-order valence-electron chi connectivity index (χ2n) is 1.35. The normalized spacial score (nSPS) is 20.8. The quantitative estimate of drug-likeness (QED) is 0.316. The van der Waals surface area contributed by atoms with Gasteiger partial charge in [-0.15, -0.1) is 22.9 Å². The molecule has 0 aromatic carbocycles. The molecule has 40 valence electrons. The molecular formula is C2H5N4NaS. The molecule has 0 bridgehead atoms. The average Bonchev–Trinajstić information content (AvgIpc) is 1.84. The Bertz CT molecular complexity index is 121. The van der Waals surface area contributed by atoms with Crippen LogP contribution >= 0.6 is 12.6 Å². The monoisotopic (exact) mass is 140 g/mol. The Hall–Kier alpha value is 0.550. The van der Waals surface area contributed by atoms with E-state index in [2.05, 4.69) is 33.3 Å². The Kier molecular flexibility index (Phi) is 3.11. The van der Waals surface area contributed by atoms with Crippen molar-refractivity contribution in [3.05, 3.63) is 0 Å². The molecule has 0 radical (unpaired) electrons. The molecule has 0 spiro atoms. The van der Waals surface area contributed by atoms with Crippen LogP contribution in [0.5, 0.6) is 0 Å². The van der Waals surface area contributed by atoms with Crippen LogP contribution in [0.25, 0.3) is 0 Å². The van der Waals surface area contributed by atoms with Crippen LogP contribution in [0.3, 0.4) is 0 Å². The van der Waals surface area contributed by atoms with Gasteiger partial charge in [0, 0.05) is 0 Å². The molecule has 4 nitrogen and oxygen atoms in total. The smallest absolute Gasteiger partial charge is 1.00 e. The molecule has 0 fully saturated rings. The Balaban J connectivity index is 0. The van der Waals surface area contributed by atoms with Crippen LogP contribution in [0.15, 0.2) is 20.7 Å². The van der Waals surface area contributed by atoms with Crippen LogP contribution in [0, 0.1) is 0 Å². The molecule has 6 heteroatoms. The molecule has 1 rings (SSSR count). The fourth-order valence-corrected chi connectivity index (χ4v) is 0.309. The third-order valence-corrected chi connectivity index (χ3v) is 0.687. The largest absolute Gasteiger partial charge is 1.00 e. The predicted octanol–water partition coefficient (Wildman–Crippen LogP) is -1.46. The van der Waals surface area contributed by atoms with E-state index in [4.69, 9.17) is 0 Å². The van der Waals surface area contributed by atoms with Crippen LogP contribution in [0.2, 0.25) is 0 Å². The van der Waals surface area contributed by atoms with Gasteiger partial charge in [0.15, 0.2) is 0 Å². The first-order valence-corrected chi connectivity index (χ1v) is 2.22. The third-order valence-electron chi connectivity index (χ3n) is 0.508. The average molecular weight is 140 g/mol. The van der Waals surface area contributed by atoms with E-state index in [-0.39, 0.29) is 31.0 Å². The molecule has 1 aliphatic heterocycles. The van der Waals surface area contributed by atoms with Gasteiger partial charge < -0.3 is 1.43 Å². The van der Waals surface area contributed by atoms with Crippen molar-refractivity contribution < 1.29 is 31.0 Å². The molecule has 1 heterocycles. The van der Waals surface area contributed by atoms with Gasteiger partial charge in [-0.05, 0) is 17.4 Å². The van der Waals surface area contributed by atoms with E-state index in [9.17, 15) is 0 Å². The molecule has 0 amide bonds. The van der Waals surface area contributed by atoms with Crippen molar-refractivity contribution in [3.63, 3.8) is 0 Å². The SMILES string of the molecule is CC1(S)N=NN=N1.[H-].[Na+]. The number of rotatable bonds is 0. The minimum absolute atomic E-state index is 0. The van der Waals surface area contributed by atoms with Gasteiger partial charge in [-0.3, -0.25) is 0 Å². The first kappa shape index (κ1) is 8.55. The summed E-state index contributed by atoms with van der Waals surface area (Å²) in [5, 5.41) is 13.5. The number of hydrogen-bond donors (Lipinski definition) is 1. The number of hydrogen-bond acceptors (Lipinski definition) is 5. The van der Waals surface area contributed by atoms with E-state index in [0.29, 0.717) is 0 Å². The molecule has 0 aromatic heterocycles. The van der Waals surface area contributed by atoms with Crippen molar-refractivity contribution in [3.8, 4) is 0 Å². The van der Waals surface area contributed by atoms with Crippen molar-refractivity contribution in [1.29, 1.82) is 0 Å². The molecule has 8 heavy (non-hydrogen) atoms. The second kappa shape index (κ2) is 2.91. The van der Waals surface area contributed by atoms with Crippen LogP contribution in [0.4, 0.5) is 0 Å². The van der Waals surface area contributed by atoms with Gasteiger partial charge in [-0.25, -0.2) is 0 Å². The molecule has 0 atom stereocenters. The summed E-state index contributed by atoms with van der Waals surface area (Å²) in [5.41, 5.74) is 0. The Labute approximate surface area is 76.0 Å². The van der Waals surface area contributed by atoms with Crippen LogP contribution in [-0.2, 0) is 0 Å². The van der Waals surface area contributed by atoms with Gasteiger partial charge in [-0.2, -0.15) is 0 Å². The fraction of sp³-hybridized carbons (Fsp3) is 1.00. The van der Waals surface area contributed by atoms with Crippen molar-refractivity contribution >= 4 is 12.6 Å². The second-order valence-corrected chi connectivity index (χ2v) is 2.20. The predicted molar refractivity (Wildman–Crippen MR) is 28.2 cm³/mol. The molecule has 0 aromatic rings. The summed E-state index contributed by atoms with van der Waals surface area (Å²) in [6, 6.07) is 0. The van der Waals surface area contributed by atoms with Gasteiger partial charge in [0.1, 0.15) is 0 Å².